The zero-order chi connectivity index (χ0) is 15.4. The number of esters is 1. The zero-order valence-corrected chi connectivity index (χ0v) is 12.3. The molecule has 2 N–H and O–H groups in total. The molecular formula is C13H16N2O5S. The number of hydrogen-bond donors (Lipinski definition) is 2. The van der Waals surface area contributed by atoms with Gasteiger partial charge in [0.15, 0.2) is 0 Å². The number of methoxy groups -OCH3 is 1. The largest absolute Gasteiger partial charge is 0.478 e. The number of aromatic carboxylic acids is 1. The Kier molecular flexibility index (Phi) is 4.79. The molecule has 0 aliphatic carbocycles. The van der Waals surface area contributed by atoms with E-state index >= 15 is 0 Å². The molecule has 0 bridgehead atoms. The lowest BCUT2D eigenvalue weighted by Gasteiger charge is -2.33. The summed E-state index contributed by atoms with van der Waals surface area (Å²) in [5.74, 6) is -1.55. The maximum Gasteiger partial charge on any atom is 0.338 e. The van der Waals surface area contributed by atoms with E-state index in [4.69, 9.17) is 9.84 Å². The number of carbonyl (C=O) groups excluding carboxylic acids is 2. The third-order valence-corrected chi connectivity index (χ3v) is 4.18. The summed E-state index contributed by atoms with van der Waals surface area (Å²) in [5.41, 5.74) is 0.0416. The number of nitrogens with one attached hydrogen (secondary N) is 1. The quantitative estimate of drug-likeness (QED) is 0.832. The second-order valence-corrected chi connectivity index (χ2v) is 5.54. The normalized spacial score (nSPS) is 18.1. The number of thiophene rings is 1. The van der Waals surface area contributed by atoms with Crippen molar-refractivity contribution in [1.82, 2.24) is 4.90 Å². The third-order valence-electron chi connectivity index (χ3n) is 3.35. The van der Waals surface area contributed by atoms with E-state index in [0.717, 1.165) is 24.2 Å². The second-order valence-electron chi connectivity index (χ2n) is 4.63. The second kappa shape index (κ2) is 6.57. The SMILES string of the molecule is COC(=O)C1CCCCN1C(=O)Nc1sccc1C(=O)O. The van der Waals surface area contributed by atoms with Gasteiger partial charge in [0.1, 0.15) is 11.0 Å². The Bertz CT molecular complexity index is 557. The van der Waals surface area contributed by atoms with Gasteiger partial charge in [-0.25, -0.2) is 14.4 Å². The van der Waals surface area contributed by atoms with E-state index in [0.29, 0.717) is 13.0 Å². The number of rotatable bonds is 3. The van der Waals surface area contributed by atoms with Crippen LogP contribution in [0.5, 0.6) is 0 Å². The molecule has 7 nitrogen and oxygen atoms in total. The van der Waals surface area contributed by atoms with Crippen LogP contribution in [0.4, 0.5) is 9.80 Å². The van der Waals surface area contributed by atoms with E-state index in [-0.39, 0.29) is 10.6 Å². The average molecular weight is 312 g/mol. The average Bonchev–Trinajstić information content (AvgIpc) is 2.94. The predicted octanol–water partition coefficient (Wildman–Crippen LogP) is 2.01. The van der Waals surface area contributed by atoms with Crippen molar-refractivity contribution in [3.05, 3.63) is 17.0 Å². The van der Waals surface area contributed by atoms with Gasteiger partial charge < -0.3 is 14.7 Å². The highest BCUT2D eigenvalue weighted by molar-refractivity contribution is 7.14. The highest BCUT2D eigenvalue weighted by Gasteiger charge is 2.33. The molecule has 1 aromatic heterocycles. The Morgan fingerprint density at radius 1 is 1.43 bits per heavy atom. The number of ether oxygens (including phenoxy) is 1. The lowest BCUT2D eigenvalue weighted by Crippen LogP contribution is -2.50. The minimum absolute atomic E-state index is 0.0416. The first-order valence-electron chi connectivity index (χ1n) is 6.51. The van der Waals surface area contributed by atoms with Crippen LogP contribution in [0, 0.1) is 0 Å². The molecule has 0 radical (unpaired) electrons. The van der Waals surface area contributed by atoms with E-state index in [2.05, 4.69) is 5.32 Å². The fourth-order valence-corrected chi connectivity index (χ4v) is 3.07. The Morgan fingerprint density at radius 3 is 2.86 bits per heavy atom. The predicted molar refractivity (Wildman–Crippen MR) is 76.7 cm³/mol. The molecule has 114 valence electrons. The number of piperidine rings is 1. The number of anilines is 1. The van der Waals surface area contributed by atoms with Crippen molar-refractivity contribution in [2.24, 2.45) is 0 Å². The van der Waals surface area contributed by atoms with Crippen molar-refractivity contribution in [1.29, 1.82) is 0 Å². The van der Waals surface area contributed by atoms with E-state index in [1.807, 2.05) is 0 Å². The zero-order valence-electron chi connectivity index (χ0n) is 11.5. The highest BCUT2D eigenvalue weighted by atomic mass is 32.1. The van der Waals surface area contributed by atoms with Crippen LogP contribution in [0.1, 0.15) is 29.6 Å². The van der Waals surface area contributed by atoms with Gasteiger partial charge in [-0.3, -0.25) is 5.32 Å². The number of hydrogen-bond acceptors (Lipinski definition) is 5. The van der Waals surface area contributed by atoms with Gasteiger partial charge in [0.2, 0.25) is 0 Å². The van der Waals surface area contributed by atoms with Crippen molar-refractivity contribution >= 4 is 34.3 Å². The molecule has 0 saturated carbocycles. The topological polar surface area (TPSA) is 95.9 Å². The summed E-state index contributed by atoms with van der Waals surface area (Å²) in [5, 5.41) is 13.4. The monoisotopic (exact) mass is 312 g/mol. The first kappa shape index (κ1) is 15.3. The van der Waals surface area contributed by atoms with Crippen molar-refractivity contribution in [3.8, 4) is 0 Å². The molecule has 1 aliphatic rings. The molecule has 1 fully saturated rings. The molecule has 2 rings (SSSR count). The van der Waals surface area contributed by atoms with Crippen LogP contribution >= 0.6 is 11.3 Å². The lowest BCUT2D eigenvalue weighted by atomic mass is 10.0. The number of carboxylic acid groups (broad SMARTS) is 1. The summed E-state index contributed by atoms with van der Waals surface area (Å²) in [6, 6.07) is 0.336. The number of urea groups is 1. The Labute approximate surface area is 125 Å². The highest BCUT2D eigenvalue weighted by Crippen LogP contribution is 2.25. The van der Waals surface area contributed by atoms with Crippen LogP contribution < -0.4 is 5.32 Å². The van der Waals surface area contributed by atoms with Gasteiger partial charge in [-0.1, -0.05) is 0 Å². The molecule has 1 aliphatic heterocycles. The third kappa shape index (κ3) is 3.33. The van der Waals surface area contributed by atoms with E-state index in [1.54, 1.807) is 5.38 Å². The molecule has 2 heterocycles. The molecule has 21 heavy (non-hydrogen) atoms. The standard InChI is InChI=1S/C13H16N2O5S/c1-20-12(18)9-4-2-3-6-15(9)13(19)14-10-8(11(16)17)5-7-21-10/h5,7,9H,2-4,6H2,1H3,(H,14,19)(H,16,17). The first-order valence-corrected chi connectivity index (χ1v) is 7.38. The first-order chi connectivity index (χ1) is 10.0. The van der Waals surface area contributed by atoms with Gasteiger partial charge in [-0.05, 0) is 30.7 Å². The van der Waals surface area contributed by atoms with Gasteiger partial charge >= 0.3 is 18.0 Å². The molecule has 1 atom stereocenters. The van der Waals surface area contributed by atoms with Crippen LogP contribution in [-0.4, -0.2) is 47.7 Å². The summed E-state index contributed by atoms with van der Waals surface area (Å²) in [6.45, 7) is 0.444. The number of carboxylic acids is 1. The van der Waals surface area contributed by atoms with E-state index < -0.39 is 24.0 Å². The number of nitrogens with zero attached hydrogens (tertiary/aromatic N) is 1. The lowest BCUT2D eigenvalue weighted by molar-refractivity contribution is -0.146. The summed E-state index contributed by atoms with van der Waals surface area (Å²) in [7, 11) is 1.29. The Hall–Kier alpha value is -2.09. The van der Waals surface area contributed by atoms with Crippen LogP contribution in [0.3, 0.4) is 0 Å². The van der Waals surface area contributed by atoms with E-state index in [9.17, 15) is 14.4 Å². The molecule has 1 aromatic rings. The van der Waals surface area contributed by atoms with Crippen LogP contribution in [0.15, 0.2) is 11.4 Å². The molecule has 1 saturated heterocycles. The number of carbonyl (C=O) groups is 3. The molecular weight excluding hydrogens is 296 g/mol. The van der Waals surface area contributed by atoms with Gasteiger partial charge in [-0.15, -0.1) is 11.3 Å². The van der Waals surface area contributed by atoms with Crippen LogP contribution in [-0.2, 0) is 9.53 Å². The smallest absolute Gasteiger partial charge is 0.338 e. The van der Waals surface area contributed by atoms with Crippen molar-refractivity contribution in [3.63, 3.8) is 0 Å². The number of amides is 2. The van der Waals surface area contributed by atoms with Gasteiger partial charge in [0.05, 0.1) is 12.7 Å². The Balaban J connectivity index is 2.12. The maximum atomic E-state index is 12.3. The maximum absolute atomic E-state index is 12.3. The van der Waals surface area contributed by atoms with Crippen molar-refractivity contribution in [2.45, 2.75) is 25.3 Å². The van der Waals surface area contributed by atoms with Gasteiger partial charge in [0.25, 0.3) is 0 Å². The molecule has 1 unspecified atom stereocenters. The molecule has 0 aromatic carbocycles. The summed E-state index contributed by atoms with van der Waals surface area (Å²) >= 11 is 1.13. The van der Waals surface area contributed by atoms with Gasteiger partial charge in [0, 0.05) is 6.54 Å². The summed E-state index contributed by atoms with van der Waals surface area (Å²) in [4.78, 5) is 36.4. The number of likely N-dealkylation sites (tertiary alicyclic amines) is 1. The van der Waals surface area contributed by atoms with Crippen LogP contribution in [0.2, 0.25) is 0 Å². The molecule has 0 spiro atoms. The Morgan fingerprint density at radius 2 is 2.19 bits per heavy atom. The molecule has 2 amide bonds. The minimum atomic E-state index is -1.10. The van der Waals surface area contributed by atoms with Crippen LogP contribution in [0.25, 0.3) is 0 Å². The summed E-state index contributed by atoms with van der Waals surface area (Å²) < 4.78 is 4.72. The fraction of sp³-hybridized carbons (Fsp3) is 0.462. The fourth-order valence-electron chi connectivity index (χ4n) is 2.30. The van der Waals surface area contributed by atoms with Crippen molar-refractivity contribution < 1.29 is 24.2 Å². The van der Waals surface area contributed by atoms with Gasteiger partial charge in [-0.2, -0.15) is 0 Å². The minimum Gasteiger partial charge on any atom is -0.478 e. The van der Waals surface area contributed by atoms with E-state index in [1.165, 1.54) is 18.1 Å². The van der Waals surface area contributed by atoms with Crippen molar-refractivity contribution in [2.75, 3.05) is 19.0 Å². The molecule has 8 heteroatoms. The summed E-state index contributed by atoms with van der Waals surface area (Å²) in [6.07, 6.45) is 2.20.